The second-order valence-corrected chi connectivity index (χ2v) is 6.75. The van der Waals surface area contributed by atoms with Crippen molar-refractivity contribution in [3.05, 3.63) is 63.7 Å². The molecule has 0 bridgehead atoms. The molecule has 0 heterocycles. The van der Waals surface area contributed by atoms with Gasteiger partial charge in [0.2, 0.25) is 5.91 Å². The van der Waals surface area contributed by atoms with Crippen LogP contribution < -0.4 is 5.32 Å². The summed E-state index contributed by atoms with van der Waals surface area (Å²) in [5, 5.41) is 13.4. The van der Waals surface area contributed by atoms with Gasteiger partial charge < -0.3 is 5.32 Å². The number of nitrogens with one attached hydrogen (secondary N) is 1. The first kappa shape index (κ1) is 17.0. The number of hydrogen-bond donors (Lipinski definition) is 1. The van der Waals surface area contributed by atoms with Crippen molar-refractivity contribution in [1.82, 2.24) is 0 Å². The molecule has 1 atom stereocenters. The third kappa shape index (κ3) is 4.56. The second-order valence-electron chi connectivity index (χ2n) is 5.34. The number of carbonyl (C=O) groups excluding carboxylic acids is 1. The number of hydrogen-bond acceptors (Lipinski definition) is 4. The number of nitro benzene ring substituents is 1. The van der Waals surface area contributed by atoms with E-state index in [1.54, 1.807) is 26.0 Å². The molecule has 0 aliphatic carbocycles. The third-order valence-electron chi connectivity index (χ3n) is 3.31. The van der Waals surface area contributed by atoms with Crippen LogP contribution in [0.25, 0.3) is 0 Å². The average molecular weight is 330 g/mol. The number of benzene rings is 2. The maximum Gasteiger partial charge on any atom is 0.293 e. The van der Waals surface area contributed by atoms with E-state index in [0.29, 0.717) is 0 Å². The molecule has 6 heteroatoms. The van der Waals surface area contributed by atoms with Gasteiger partial charge in [0.05, 0.1) is 10.2 Å². The standard InChI is InChI=1S/C17H18N2O3S/c1-11-4-7-14(8-5-11)23-13(3)17(20)18-15-9-6-12(2)10-16(15)19(21)22/h4-10,13H,1-3H3,(H,18,20). The predicted molar refractivity (Wildman–Crippen MR) is 93.0 cm³/mol. The first-order valence-electron chi connectivity index (χ1n) is 7.16. The number of nitrogens with zero attached hydrogens (tertiary/aromatic N) is 1. The van der Waals surface area contributed by atoms with Gasteiger partial charge in [-0.25, -0.2) is 0 Å². The fourth-order valence-electron chi connectivity index (χ4n) is 2.01. The molecule has 1 unspecified atom stereocenters. The van der Waals surface area contributed by atoms with Crippen LogP contribution in [0.4, 0.5) is 11.4 Å². The van der Waals surface area contributed by atoms with Crippen molar-refractivity contribution in [2.24, 2.45) is 0 Å². The summed E-state index contributed by atoms with van der Waals surface area (Å²) in [4.78, 5) is 23.9. The molecular formula is C17H18N2O3S. The molecule has 2 aromatic carbocycles. The number of rotatable bonds is 5. The molecule has 1 N–H and O–H groups in total. The largest absolute Gasteiger partial charge is 0.319 e. The fourth-order valence-corrected chi connectivity index (χ4v) is 2.87. The highest BCUT2D eigenvalue weighted by Crippen LogP contribution is 2.28. The molecule has 0 aliphatic heterocycles. The number of thioether (sulfide) groups is 1. The third-order valence-corrected chi connectivity index (χ3v) is 4.42. The summed E-state index contributed by atoms with van der Waals surface area (Å²) >= 11 is 1.42. The van der Waals surface area contributed by atoms with Gasteiger partial charge in [0, 0.05) is 11.0 Å². The van der Waals surface area contributed by atoms with Crippen molar-refractivity contribution in [2.45, 2.75) is 30.9 Å². The Morgan fingerprint density at radius 2 is 1.74 bits per heavy atom. The molecule has 120 valence electrons. The highest BCUT2D eigenvalue weighted by atomic mass is 32.2. The summed E-state index contributed by atoms with van der Waals surface area (Å²) < 4.78 is 0. The topological polar surface area (TPSA) is 72.2 Å². The molecule has 0 saturated heterocycles. The van der Waals surface area contributed by atoms with Gasteiger partial charge in [0.25, 0.3) is 5.69 Å². The number of anilines is 1. The van der Waals surface area contributed by atoms with E-state index in [0.717, 1.165) is 16.0 Å². The zero-order valence-corrected chi connectivity index (χ0v) is 14.0. The molecule has 0 saturated carbocycles. The maximum atomic E-state index is 12.3. The Morgan fingerprint density at radius 1 is 1.13 bits per heavy atom. The van der Waals surface area contributed by atoms with Gasteiger partial charge >= 0.3 is 0 Å². The molecule has 0 aromatic heterocycles. The molecule has 1 amide bonds. The Morgan fingerprint density at radius 3 is 2.35 bits per heavy atom. The number of nitro groups is 1. The van der Waals surface area contributed by atoms with Crippen LogP contribution in [0, 0.1) is 24.0 Å². The highest BCUT2D eigenvalue weighted by molar-refractivity contribution is 8.00. The normalized spacial score (nSPS) is 11.8. The molecular weight excluding hydrogens is 312 g/mol. The van der Waals surface area contributed by atoms with Crippen molar-refractivity contribution in [1.29, 1.82) is 0 Å². The van der Waals surface area contributed by atoms with E-state index in [1.807, 2.05) is 31.2 Å². The summed E-state index contributed by atoms with van der Waals surface area (Å²) in [6, 6.07) is 12.6. The predicted octanol–water partition coefficient (Wildman–Crippen LogP) is 4.33. The van der Waals surface area contributed by atoms with Crippen molar-refractivity contribution in [3.8, 4) is 0 Å². The van der Waals surface area contributed by atoms with Crippen molar-refractivity contribution >= 4 is 29.0 Å². The minimum atomic E-state index is -0.486. The monoisotopic (exact) mass is 330 g/mol. The van der Waals surface area contributed by atoms with Crippen LogP contribution in [0.3, 0.4) is 0 Å². The van der Waals surface area contributed by atoms with Gasteiger partial charge in [-0.3, -0.25) is 14.9 Å². The molecule has 0 fully saturated rings. The molecule has 5 nitrogen and oxygen atoms in total. The Hall–Kier alpha value is -2.34. The highest BCUT2D eigenvalue weighted by Gasteiger charge is 2.20. The van der Waals surface area contributed by atoms with Crippen LogP contribution in [0.15, 0.2) is 47.4 Å². The number of carbonyl (C=O) groups is 1. The summed E-state index contributed by atoms with van der Waals surface area (Å²) in [5.41, 5.74) is 2.06. The fraction of sp³-hybridized carbons (Fsp3) is 0.235. The summed E-state index contributed by atoms with van der Waals surface area (Å²) in [5.74, 6) is -0.262. The van der Waals surface area contributed by atoms with E-state index in [2.05, 4.69) is 5.32 Å². The van der Waals surface area contributed by atoms with E-state index in [1.165, 1.54) is 17.8 Å². The van der Waals surface area contributed by atoms with Crippen LogP contribution in [0.1, 0.15) is 18.1 Å². The Labute approximate surface area is 139 Å². The van der Waals surface area contributed by atoms with E-state index < -0.39 is 4.92 Å². The number of amides is 1. The molecule has 2 aromatic rings. The Bertz CT molecular complexity index is 729. The van der Waals surface area contributed by atoms with Gasteiger partial charge in [-0.2, -0.15) is 0 Å². The lowest BCUT2D eigenvalue weighted by molar-refractivity contribution is -0.384. The van der Waals surface area contributed by atoms with E-state index in [4.69, 9.17) is 0 Å². The summed E-state index contributed by atoms with van der Waals surface area (Å²) in [7, 11) is 0. The van der Waals surface area contributed by atoms with Crippen LogP contribution in [0.2, 0.25) is 0 Å². The molecule has 23 heavy (non-hydrogen) atoms. The van der Waals surface area contributed by atoms with Crippen LogP contribution >= 0.6 is 11.8 Å². The lowest BCUT2D eigenvalue weighted by Crippen LogP contribution is -2.22. The SMILES string of the molecule is Cc1ccc(SC(C)C(=O)Nc2ccc(C)cc2[N+](=O)[O-])cc1. The van der Waals surface area contributed by atoms with Gasteiger partial charge in [-0.05, 0) is 44.5 Å². The maximum absolute atomic E-state index is 12.3. The first-order valence-corrected chi connectivity index (χ1v) is 8.04. The minimum Gasteiger partial charge on any atom is -0.319 e. The molecule has 0 spiro atoms. The lowest BCUT2D eigenvalue weighted by atomic mass is 10.2. The lowest BCUT2D eigenvalue weighted by Gasteiger charge is -2.12. The molecule has 0 radical (unpaired) electrons. The summed E-state index contributed by atoms with van der Waals surface area (Å²) in [6.07, 6.45) is 0. The van der Waals surface area contributed by atoms with Gasteiger partial charge in [0.1, 0.15) is 5.69 Å². The second kappa shape index (κ2) is 7.28. The van der Waals surface area contributed by atoms with E-state index in [9.17, 15) is 14.9 Å². The smallest absolute Gasteiger partial charge is 0.293 e. The zero-order chi connectivity index (χ0) is 17.0. The first-order chi connectivity index (χ1) is 10.9. The van der Waals surface area contributed by atoms with Crippen LogP contribution in [-0.4, -0.2) is 16.1 Å². The zero-order valence-electron chi connectivity index (χ0n) is 13.2. The van der Waals surface area contributed by atoms with Gasteiger partial charge in [-0.1, -0.05) is 23.8 Å². The van der Waals surface area contributed by atoms with Gasteiger partial charge in [0.15, 0.2) is 0 Å². The Balaban J connectivity index is 2.09. The minimum absolute atomic E-state index is 0.0918. The Kier molecular flexibility index (Phi) is 5.39. The van der Waals surface area contributed by atoms with Crippen LogP contribution in [0.5, 0.6) is 0 Å². The van der Waals surface area contributed by atoms with E-state index in [-0.39, 0.29) is 22.5 Å². The average Bonchev–Trinajstić information content (AvgIpc) is 2.51. The van der Waals surface area contributed by atoms with E-state index >= 15 is 0 Å². The van der Waals surface area contributed by atoms with Crippen molar-refractivity contribution < 1.29 is 9.72 Å². The van der Waals surface area contributed by atoms with Crippen molar-refractivity contribution in [3.63, 3.8) is 0 Å². The van der Waals surface area contributed by atoms with Crippen LogP contribution in [-0.2, 0) is 4.79 Å². The quantitative estimate of drug-likeness (QED) is 0.503. The molecule has 0 aliphatic rings. The van der Waals surface area contributed by atoms with Crippen molar-refractivity contribution in [2.75, 3.05) is 5.32 Å². The molecule has 2 rings (SSSR count). The summed E-state index contributed by atoms with van der Waals surface area (Å²) in [6.45, 7) is 5.55. The number of aryl methyl sites for hydroxylation is 2. The van der Waals surface area contributed by atoms with Gasteiger partial charge in [-0.15, -0.1) is 11.8 Å².